The number of methoxy groups -OCH3 is 1. The molecule has 1 saturated heterocycles. The number of hydrogen-bond acceptors (Lipinski definition) is 5. The molecule has 36 heavy (non-hydrogen) atoms. The van der Waals surface area contributed by atoms with E-state index in [0.29, 0.717) is 43.9 Å². The molecule has 0 aliphatic carbocycles. The van der Waals surface area contributed by atoms with E-state index in [1.807, 2.05) is 42.5 Å². The Labute approximate surface area is 212 Å². The second-order valence-corrected chi connectivity index (χ2v) is 8.92. The topological polar surface area (TPSA) is 82.1 Å². The van der Waals surface area contributed by atoms with Gasteiger partial charge in [0.15, 0.2) is 6.10 Å². The number of ether oxygens (including phenoxy) is 1. The Kier molecular flexibility index (Phi) is 8.57. The van der Waals surface area contributed by atoms with Crippen molar-refractivity contribution in [2.24, 2.45) is 0 Å². The first-order chi connectivity index (χ1) is 17.5. The van der Waals surface area contributed by atoms with E-state index in [4.69, 9.17) is 4.74 Å². The average molecular weight is 488 g/mol. The van der Waals surface area contributed by atoms with E-state index in [0.717, 1.165) is 24.2 Å². The molecule has 0 aromatic heterocycles. The Morgan fingerprint density at radius 1 is 0.917 bits per heavy atom. The van der Waals surface area contributed by atoms with Crippen LogP contribution in [0.4, 0.5) is 11.4 Å². The first-order valence-electron chi connectivity index (χ1n) is 12.3. The van der Waals surface area contributed by atoms with E-state index < -0.39 is 6.10 Å². The highest BCUT2D eigenvalue weighted by Crippen LogP contribution is 2.23. The lowest BCUT2D eigenvalue weighted by atomic mass is 10.1. The SMILES string of the molecule is COc1ccc(C(O)C(=O)N2CCN(c3ccc(NC(=O)CCCc4ccccc4)cc3)CC2)cc1. The first-order valence-corrected chi connectivity index (χ1v) is 12.3. The summed E-state index contributed by atoms with van der Waals surface area (Å²) in [5.41, 5.74) is 3.62. The van der Waals surface area contributed by atoms with Crippen LogP contribution < -0.4 is 15.0 Å². The highest BCUT2D eigenvalue weighted by molar-refractivity contribution is 5.90. The third-order valence-electron chi connectivity index (χ3n) is 6.49. The van der Waals surface area contributed by atoms with Crippen LogP contribution in [0.5, 0.6) is 5.75 Å². The maximum Gasteiger partial charge on any atom is 0.256 e. The number of carbonyl (C=O) groups excluding carboxylic acids is 2. The lowest BCUT2D eigenvalue weighted by Gasteiger charge is -2.37. The second kappa shape index (κ2) is 12.2. The number of aryl methyl sites for hydroxylation is 1. The Morgan fingerprint density at radius 2 is 1.58 bits per heavy atom. The molecule has 7 heteroatoms. The predicted octanol–water partition coefficient (Wildman–Crippen LogP) is 4.04. The molecule has 3 aromatic carbocycles. The van der Waals surface area contributed by atoms with Crippen LogP contribution in [0.25, 0.3) is 0 Å². The van der Waals surface area contributed by atoms with Crippen LogP contribution in [0.3, 0.4) is 0 Å². The van der Waals surface area contributed by atoms with Gasteiger partial charge in [-0.2, -0.15) is 0 Å². The summed E-state index contributed by atoms with van der Waals surface area (Å²) in [6.07, 6.45) is 0.996. The number of aliphatic hydroxyl groups is 1. The van der Waals surface area contributed by atoms with Crippen LogP contribution in [-0.4, -0.2) is 55.1 Å². The molecule has 0 spiro atoms. The highest BCUT2D eigenvalue weighted by Gasteiger charge is 2.27. The highest BCUT2D eigenvalue weighted by atomic mass is 16.5. The van der Waals surface area contributed by atoms with E-state index in [-0.39, 0.29) is 11.8 Å². The van der Waals surface area contributed by atoms with E-state index in [2.05, 4.69) is 22.3 Å². The van der Waals surface area contributed by atoms with Gasteiger partial charge in [0.1, 0.15) is 5.75 Å². The molecule has 3 aromatic rings. The molecule has 2 N–H and O–H groups in total. The molecule has 1 heterocycles. The summed E-state index contributed by atoms with van der Waals surface area (Å²) in [6.45, 7) is 2.41. The third-order valence-corrected chi connectivity index (χ3v) is 6.49. The Hall–Kier alpha value is -3.84. The molecule has 1 unspecified atom stereocenters. The lowest BCUT2D eigenvalue weighted by molar-refractivity contribution is -0.140. The molecule has 1 atom stereocenters. The number of benzene rings is 3. The summed E-state index contributed by atoms with van der Waals surface area (Å²) in [6, 6.07) is 24.9. The summed E-state index contributed by atoms with van der Waals surface area (Å²) in [5.74, 6) is 0.409. The average Bonchev–Trinajstić information content (AvgIpc) is 2.93. The first kappa shape index (κ1) is 25.3. The summed E-state index contributed by atoms with van der Waals surface area (Å²) in [4.78, 5) is 29.0. The number of anilines is 2. The second-order valence-electron chi connectivity index (χ2n) is 8.92. The van der Waals surface area contributed by atoms with Gasteiger partial charge in [-0.1, -0.05) is 42.5 Å². The standard InChI is InChI=1S/C29H33N3O4/c1-36-26-16-10-23(11-17-26)28(34)29(35)32-20-18-31(19-21-32)25-14-12-24(13-15-25)30-27(33)9-5-8-22-6-3-2-4-7-22/h2-4,6-7,10-17,28,34H,5,8-9,18-21H2,1H3,(H,30,33). The molecule has 2 amide bonds. The van der Waals surface area contributed by atoms with Crippen molar-refractivity contribution < 1.29 is 19.4 Å². The number of nitrogens with one attached hydrogen (secondary N) is 1. The fourth-order valence-electron chi connectivity index (χ4n) is 4.36. The maximum absolute atomic E-state index is 12.8. The van der Waals surface area contributed by atoms with Gasteiger partial charge < -0.3 is 25.0 Å². The van der Waals surface area contributed by atoms with Gasteiger partial charge in [0, 0.05) is 44.0 Å². The zero-order valence-corrected chi connectivity index (χ0v) is 20.6. The summed E-state index contributed by atoms with van der Waals surface area (Å²) >= 11 is 0. The van der Waals surface area contributed by atoms with Crippen molar-refractivity contribution in [2.45, 2.75) is 25.4 Å². The molecule has 1 aliphatic rings. The smallest absolute Gasteiger partial charge is 0.256 e. The van der Waals surface area contributed by atoms with Gasteiger partial charge in [-0.25, -0.2) is 0 Å². The van der Waals surface area contributed by atoms with Gasteiger partial charge in [-0.3, -0.25) is 9.59 Å². The van der Waals surface area contributed by atoms with Gasteiger partial charge >= 0.3 is 0 Å². The van der Waals surface area contributed by atoms with Crippen molar-refractivity contribution in [1.29, 1.82) is 0 Å². The third kappa shape index (κ3) is 6.64. The van der Waals surface area contributed by atoms with Gasteiger partial charge in [0.2, 0.25) is 5.91 Å². The lowest BCUT2D eigenvalue weighted by Crippen LogP contribution is -2.50. The Balaban J connectivity index is 1.22. The largest absolute Gasteiger partial charge is 0.497 e. The zero-order valence-electron chi connectivity index (χ0n) is 20.6. The van der Waals surface area contributed by atoms with Gasteiger partial charge in [0.05, 0.1) is 7.11 Å². The number of carbonyl (C=O) groups is 2. The quantitative estimate of drug-likeness (QED) is 0.476. The van der Waals surface area contributed by atoms with Crippen molar-refractivity contribution in [3.8, 4) is 5.75 Å². The predicted molar refractivity (Wildman–Crippen MR) is 141 cm³/mol. The summed E-state index contributed by atoms with van der Waals surface area (Å²) in [5, 5.41) is 13.5. The minimum atomic E-state index is -1.18. The van der Waals surface area contributed by atoms with Crippen LogP contribution in [0, 0.1) is 0 Å². The van der Waals surface area contributed by atoms with E-state index in [9.17, 15) is 14.7 Å². The molecule has 0 bridgehead atoms. The van der Waals surface area contributed by atoms with Crippen LogP contribution in [0.15, 0.2) is 78.9 Å². The summed E-state index contributed by atoms with van der Waals surface area (Å²) < 4.78 is 5.13. The van der Waals surface area contributed by atoms with Gasteiger partial charge in [-0.05, 0) is 60.4 Å². The van der Waals surface area contributed by atoms with Crippen molar-refractivity contribution in [3.63, 3.8) is 0 Å². The Bertz CT molecular complexity index is 1130. The van der Waals surface area contributed by atoms with Crippen molar-refractivity contribution in [2.75, 3.05) is 43.5 Å². The fraction of sp³-hybridized carbons (Fsp3) is 0.310. The van der Waals surface area contributed by atoms with Crippen LogP contribution in [0.1, 0.15) is 30.1 Å². The van der Waals surface area contributed by atoms with Crippen molar-refractivity contribution in [3.05, 3.63) is 90.0 Å². The minimum Gasteiger partial charge on any atom is -0.497 e. The van der Waals surface area contributed by atoms with Crippen LogP contribution >= 0.6 is 0 Å². The normalized spacial score (nSPS) is 14.3. The molecular formula is C29H33N3O4. The zero-order chi connectivity index (χ0) is 25.3. The number of piperazine rings is 1. The number of aliphatic hydroxyl groups excluding tert-OH is 1. The van der Waals surface area contributed by atoms with Crippen LogP contribution in [-0.2, 0) is 16.0 Å². The molecular weight excluding hydrogens is 454 g/mol. The summed E-state index contributed by atoms with van der Waals surface area (Å²) in [7, 11) is 1.58. The maximum atomic E-state index is 12.8. The molecule has 0 saturated carbocycles. The molecule has 1 fully saturated rings. The molecule has 1 aliphatic heterocycles. The molecule has 7 nitrogen and oxygen atoms in total. The number of rotatable bonds is 9. The fourth-order valence-corrected chi connectivity index (χ4v) is 4.36. The molecule has 0 radical (unpaired) electrons. The van der Waals surface area contributed by atoms with E-state index >= 15 is 0 Å². The van der Waals surface area contributed by atoms with E-state index in [1.165, 1.54) is 5.56 Å². The van der Waals surface area contributed by atoms with Gasteiger partial charge in [-0.15, -0.1) is 0 Å². The number of hydrogen-bond donors (Lipinski definition) is 2. The van der Waals surface area contributed by atoms with Crippen LogP contribution in [0.2, 0.25) is 0 Å². The van der Waals surface area contributed by atoms with E-state index in [1.54, 1.807) is 36.3 Å². The molecule has 188 valence electrons. The number of amides is 2. The monoisotopic (exact) mass is 487 g/mol. The van der Waals surface area contributed by atoms with Crippen molar-refractivity contribution >= 4 is 23.2 Å². The number of nitrogens with zero attached hydrogens (tertiary/aromatic N) is 2. The Morgan fingerprint density at radius 3 is 2.22 bits per heavy atom. The van der Waals surface area contributed by atoms with Crippen molar-refractivity contribution in [1.82, 2.24) is 4.90 Å². The van der Waals surface area contributed by atoms with Gasteiger partial charge in [0.25, 0.3) is 5.91 Å². The minimum absolute atomic E-state index is 0.0150. The molecule has 4 rings (SSSR count).